The molecule has 0 saturated heterocycles. The van der Waals surface area contributed by atoms with Crippen LogP contribution in [0.4, 0.5) is 5.69 Å². The summed E-state index contributed by atoms with van der Waals surface area (Å²) in [7, 11) is -2.01. The number of aryl methyl sites for hydroxylation is 2. The highest BCUT2D eigenvalue weighted by Gasteiger charge is 2.35. The van der Waals surface area contributed by atoms with Crippen LogP contribution in [-0.4, -0.2) is 50.3 Å². The molecule has 0 aliphatic carbocycles. The fourth-order valence-electron chi connectivity index (χ4n) is 1.67. The minimum absolute atomic E-state index is 0.332. The van der Waals surface area contributed by atoms with Crippen molar-refractivity contribution in [1.29, 1.82) is 0 Å². The molecule has 1 unspecified atom stereocenters. The zero-order chi connectivity index (χ0) is 16.9. The zero-order valence-electron chi connectivity index (χ0n) is 12.9. The average Bonchev–Trinajstić information content (AvgIpc) is 2.47. The van der Waals surface area contributed by atoms with E-state index in [1.165, 1.54) is 7.11 Å². The van der Waals surface area contributed by atoms with Gasteiger partial charge >= 0.3 is 0 Å². The van der Waals surface area contributed by atoms with Crippen LogP contribution in [0.2, 0.25) is 0 Å². The second-order valence-corrected chi connectivity index (χ2v) is 6.59. The van der Waals surface area contributed by atoms with Gasteiger partial charge in [-0.05, 0) is 25.0 Å². The normalized spacial score (nSPS) is 13.2. The number of methoxy groups -OCH3 is 1. The van der Waals surface area contributed by atoms with E-state index < -0.39 is 21.4 Å². The number of hydrogen-bond acceptors (Lipinski definition) is 6. The van der Waals surface area contributed by atoms with Crippen LogP contribution >= 0.6 is 0 Å². The largest absolute Gasteiger partial charge is 0.368 e. The van der Waals surface area contributed by atoms with Gasteiger partial charge in [-0.1, -0.05) is 22.7 Å². The van der Waals surface area contributed by atoms with E-state index in [-0.39, 0.29) is 6.79 Å². The molecule has 0 aliphatic rings. The van der Waals surface area contributed by atoms with Gasteiger partial charge in [-0.3, -0.25) is 9.63 Å². The van der Waals surface area contributed by atoms with Crippen LogP contribution in [-0.2, 0) is 24.4 Å². The van der Waals surface area contributed by atoms with Gasteiger partial charge in [-0.25, -0.2) is 8.42 Å². The molecule has 0 aliphatic heterocycles. The molecule has 124 valence electrons. The lowest BCUT2D eigenvalue weighted by Crippen LogP contribution is -2.43. The SMILES string of the molecule is COCON(C)S(=O)(=O)C(O)C(=O)Nc1c(C)cccc1C. The maximum atomic E-state index is 12.0. The molecule has 0 fully saturated rings. The Morgan fingerprint density at radius 3 is 2.41 bits per heavy atom. The number of aliphatic hydroxyl groups excluding tert-OH is 1. The molecule has 1 amide bonds. The number of rotatable bonds is 7. The Bertz CT molecular complexity index is 611. The van der Waals surface area contributed by atoms with Gasteiger partial charge in [0.1, 0.15) is 0 Å². The first-order chi connectivity index (χ1) is 10.2. The molecule has 0 spiro atoms. The third kappa shape index (κ3) is 4.24. The van der Waals surface area contributed by atoms with Crippen LogP contribution in [0, 0.1) is 13.8 Å². The number of nitrogens with zero attached hydrogens (tertiary/aromatic N) is 1. The van der Waals surface area contributed by atoms with Crippen molar-refractivity contribution in [2.24, 2.45) is 0 Å². The molecule has 0 heterocycles. The molecule has 0 radical (unpaired) electrons. The number of carbonyl (C=O) groups excluding carboxylic acids is 1. The van der Waals surface area contributed by atoms with Crippen LogP contribution in [0.3, 0.4) is 0 Å². The maximum absolute atomic E-state index is 12.0. The Morgan fingerprint density at radius 1 is 1.36 bits per heavy atom. The van der Waals surface area contributed by atoms with E-state index >= 15 is 0 Å². The molecule has 8 nitrogen and oxygen atoms in total. The number of sulfonamides is 1. The fourth-order valence-corrected chi connectivity index (χ4v) is 2.47. The van der Waals surface area contributed by atoms with Crippen molar-refractivity contribution >= 4 is 21.6 Å². The topological polar surface area (TPSA) is 105 Å². The predicted octanol–water partition coefficient (Wildman–Crippen LogP) is 0.357. The van der Waals surface area contributed by atoms with E-state index in [4.69, 9.17) is 4.84 Å². The predicted molar refractivity (Wildman–Crippen MR) is 80.2 cm³/mol. The summed E-state index contributed by atoms with van der Waals surface area (Å²) in [6, 6.07) is 5.33. The van der Waals surface area contributed by atoms with E-state index in [1.54, 1.807) is 32.0 Å². The minimum atomic E-state index is -4.38. The number of para-hydroxylation sites is 1. The molecule has 0 saturated carbocycles. The number of carbonyl (C=O) groups is 1. The summed E-state index contributed by atoms with van der Waals surface area (Å²) < 4.78 is 28.9. The lowest BCUT2D eigenvalue weighted by molar-refractivity contribution is -0.153. The summed E-state index contributed by atoms with van der Waals surface area (Å²) in [5.74, 6) is -1.06. The summed E-state index contributed by atoms with van der Waals surface area (Å²) in [6.07, 6.45) is 0. The van der Waals surface area contributed by atoms with E-state index in [0.717, 1.165) is 18.2 Å². The molecule has 1 atom stereocenters. The lowest BCUT2D eigenvalue weighted by atomic mass is 10.1. The second-order valence-electron chi connectivity index (χ2n) is 4.60. The van der Waals surface area contributed by atoms with Crippen LogP contribution in [0.1, 0.15) is 11.1 Å². The average molecular weight is 332 g/mol. The van der Waals surface area contributed by atoms with Gasteiger partial charge in [-0.15, -0.1) is 0 Å². The summed E-state index contributed by atoms with van der Waals surface area (Å²) >= 11 is 0. The van der Waals surface area contributed by atoms with Crippen molar-refractivity contribution in [2.45, 2.75) is 19.3 Å². The maximum Gasteiger partial charge on any atom is 0.272 e. The Labute approximate surface area is 129 Å². The zero-order valence-corrected chi connectivity index (χ0v) is 13.7. The van der Waals surface area contributed by atoms with E-state index in [9.17, 15) is 18.3 Å². The number of hydrogen-bond donors (Lipinski definition) is 2. The van der Waals surface area contributed by atoms with E-state index in [0.29, 0.717) is 10.2 Å². The summed E-state index contributed by atoms with van der Waals surface area (Å²) in [5.41, 5.74) is -0.334. The number of benzene rings is 1. The third-order valence-corrected chi connectivity index (χ3v) is 4.55. The highest BCUT2D eigenvalue weighted by molar-refractivity contribution is 7.90. The molecule has 1 rings (SSSR count). The molecule has 0 bridgehead atoms. The molecule has 2 N–H and O–H groups in total. The number of anilines is 1. The molecule has 9 heteroatoms. The molecule has 22 heavy (non-hydrogen) atoms. The standard InChI is InChI=1S/C13H20N2O6S/c1-9-6-5-7-10(2)11(9)14-12(16)13(17)22(18,19)15(3)21-8-20-4/h5-7,13,17H,8H2,1-4H3,(H,14,16). The van der Waals surface area contributed by atoms with Crippen molar-refractivity contribution in [1.82, 2.24) is 4.47 Å². The Morgan fingerprint density at radius 2 is 1.91 bits per heavy atom. The van der Waals surface area contributed by atoms with Gasteiger partial charge in [0.05, 0.1) is 0 Å². The number of hydroxylamine groups is 1. The minimum Gasteiger partial charge on any atom is -0.368 e. The van der Waals surface area contributed by atoms with Crippen molar-refractivity contribution < 1.29 is 27.9 Å². The second kappa shape index (κ2) is 7.65. The van der Waals surface area contributed by atoms with Crippen molar-refractivity contribution in [3.8, 4) is 0 Å². The van der Waals surface area contributed by atoms with Crippen molar-refractivity contribution in [3.05, 3.63) is 29.3 Å². The lowest BCUT2D eigenvalue weighted by Gasteiger charge is -2.20. The number of amides is 1. The highest BCUT2D eigenvalue weighted by atomic mass is 32.2. The first kappa shape index (κ1) is 18.5. The van der Waals surface area contributed by atoms with Gasteiger partial charge < -0.3 is 15.2 Å². The molecule has 1 aromatic rings. The van der Waals surface area contributed by atoms with E-state index in [2.05, 4.69) is 10.1 Å². The smallest absolute Gasteiger partial charge is 0.272 e. The van der Waals surface area contributed by atoms with Crippen LogP contribution in [0.15, 0.2) is 18.2 Å². The van der Waals surface area contributed by atoms with Gasteiger partial charge in [0, 0.05) is 19.8 Å². The Balaban J connectivity index is 2.89. The van der Waals surface area contributed by atoms with Gasteiger partial charge in [0.25, 0.3) is 21.4 Å². The first-order valence-electron chi connectivity index (χ1n) is 6.36. The molecule has 1 aromatic carbocycles. The number of ether oxygens (including phenoxy) is 1. The van der Waals surface area contributed by atoms with Gasteiger partial charge in [0.15, 0.2) is 6.79 Å². The van der Waals surface area contributed by atoms with Gasteiger partial charge in [-0.2, -0.15) is 0 Å². The van der Waals surface area contributed by atoms with Gasteiger partial charge in [0.2, 0.25) is 0 Å². The molecule has 0 aromatic heterocycles. The number of nitrogens with one attached hydrogen (secondary N) is 1. The number of aliphatic hydroxyl groups is 1. The Kier molecular flexibility index (Phi) is 6.45. The third-order valence-electron chi connectivity index (χ3n) is 2.95. The van der Waals surface area contributed by atoms with Crippen LogP contribution in [0.25, 0.3) is 0 Å². The van der Waals surface area contributed by atoms with E-state index in [1.807, 2.05) is 0 Å². The van der Waals surface area contributed by atoms with Crippen LogP contribution < -0.4 is 5.32 Å². The summed E-state index contributed by atoms with van der Waals surface area (Å²) in [5, 5.41) is 12.2. The Hall–Kier alpha value is -1.52. The fraction of sp³-hybridized carbons (Fsp3) is 0.462. The van der Waals surface area contributed by atoms with Crippen molar-refractivity contribution in [2.75, 3.05) is 26.3 Å². The highest BCUT2D eigenvalue weighted by Crippen LogP contribution is 2.20. The summed E-state index contributed by atoms with van der Waals surface area (Å²) in [4.78, 5) is 16.7. The monoisotopic (exact) mass is 332 g/mol. The van der Waals surface area contributed by atoms with Crippen molar-refractivity contribution in [3.63, 3.8) is 0 Å². The van der Waals surface area contributed by atoms with Crippen LogP contribution in [0.5, 0.6) is 0 Å². The summed E-state index contributed by atoms with van der Waals surface area (Å²) in [6.45, 7) is 3.19. The quantitative estimate of drug-likeness (QED) is 0.552. The molecular formula is C13H20N2O6S. The molecular weight excluding hydrogens is 312 g/mol. The first-order valence-corrected chi connectivity index (χ1v) is 7.87.